The van der Waals surface area contributed by atoms with Crippen LogP contribution in [0.1, 0.15) is 44.1 Å². The van der Waals surface area contributed by atoms with Crippen LogP contribution in [-0.2, 0) is 11.3 Å². The minimum absolute atomic E-state index is 0.0852. The maximum atomic E-state index is 11.1. The number of rotatable bonds is 6. The highest BCUT2D eigenvalue weighted by Gasteiger charge is 2.24. The van der Waals surface area contributed by atoms with Crippen LogP contribution in [0.2, 0.25) is 0 Å². The summed E-state index contributed by atoms with van der Waals surface area (Å²) in [6.45, 7) is 0.803. The second-order valence-corrected chi connectivity index (χ2v) is 5.92. The molecule has 1 N–H and O–H groups in total. The highest BCUT2D eigenvalue weighted by Crippen LogP contribution is 2.16. The van der Waals surface area contributed by atoms with E-state index in [1.807, 2.05) is 24.3 Å². The fraction of sp³-hybridized carbons (Fsp3) is 0.588. The van der Waals surface area contributed by atoms with Crippen LogP contribution in [0.15, 0.2) is 24.3 Å². The summed E-state index contributed by atoms with van der Waals surface area (Å²) in [6.07, 6.45) is 7.19. The molecule has 21 heavy (non-hydrogen) atoms. The molecule has 4 heteroatoms. The molecule has 2 rings (SSSR count). The van der Waals surface area contributed by atoms with Crippen molar-refractivity contribution in [3.05, 3.63) is 29.8 Å². The Bertz CT molecular complexity index is 453. The van der Waals surface area contributed by atoms with Crippen molar-refractivity contribution in [1.82, 2.24) is 0 Å². The summed E-state index contributed by atoms with van der Waals surface area (Å²) in [6, 6.07) is 8.32. The number of ether oxygens (including phenoxy) is 1. The van der Waals surface area contributed by atoms with E-state index in [9.17, 15) is 9.90 Å². The predicted octanol–water partition coefficient (Wildman–Crippen LogP) is 0.553. The topological polar surface area (TPSA) is 53.8 Å². The van der Waals surface area contributed by atoms with Crippen LogP contribution in [0, 0.1) is 0 Å². The molecule has 0 amide bonds. The average molecular weight is 291 g/mol. The van der Waals surface area contributed by atoms with Gasteiger partial charge in [0, 0.05) is 5.56 Å². The number of hydrogen-bond acceptors (Lipinski definition) is 3. The number of carboxylic acid groups (broad SMARTS) is 1. The van der Waals surface area contributed by atoms with Crippen LogP contribution < -0.4 is 14.7 Å². The van der Waals surface area contributed by atoms with Crippen LogP contribution in [0.3, 0.4) is 0 Å². The molecule has 1 unspecified atom stereocenters. The molecule has 1 aliphatic carbocycles. The second kappa shape index (κ2) is 8.03. The Morgan fingerprint density at radius 2 is 2.00 bits per heavy atom. The number of carboxylic acids is 1. The van der Waals surface area contributed by atoms with Crippen LogP contribution in [-0.4, -0.2) is 25.7 Å². The molecular weight excluding hydrogens is 266 g/mol. The normalized spacial score (nSPS) is 18.0. The van der Waals surface area contributed by atoms with Crippen molar-refractivity contribution in [2.45, 2.75) is 51.1 Å². The molecule has 0 bridgehead atoms. The minimum Gasteiger partial charge on any atom is -0.544 e. The van der Waals surface area contributed by atoms with Gasteiger partial charge < -0.3 is 19.5 Å². The SMILES string of the molecule is COc1cccc(C[NH+](CC(=O)[O-])C2CCCCCC2)c1. The fourth-order valence-electron chi connectivity index (χ4n) is 3.27. The van der Waals surface area contributed by atoms with Crippen LogP contribution >= 0.6 is 0 Å². The summed E-state index contributed by atoms with van der Waals surface area (Å²) in [7, 11) is 1.65. The first-order valence-corrected chi connectivity index (χ1v) is 7.86. The molecule has 116 valence electrons. The number of nitrogens with one attached hydrogen (secondary N) is 1. The molecule has 1 saturated carbocycles. The second-order valence-electron chi connectivity index (χ2n) is 5.92. The largest absolute Gasteiger partial charge is 0.544 e. The maximum absolute atomic E-state index is 11.1. The summed E-state index contributed by atoms with van der Waals surface area (Å²) in [5.74, 6) is -0.140. The van der Waals surface area contributed by atoms with Crippen molar-refractivity contribution in [2.75, 3.05) is 13.7 Å². The molecule has 0 heterocycles. The standard InChI is InChI=1S/C17H25NO3/c1-21-16-10-6-7-14(11-16)12-18(13-17(19)20)15-8-4-2-3-5-9-15/h6-7,10-11,15H,2-5,8-9,12-13H2,1H3,(H,19,20). The summed E-state index contributed by atoms with van der Waals surface area (Å²) in [4.78, 5) is 12.2. The zero-order valence-corrected chi connectivity index (χ0v) is 12.8. The van der Waals surface area contributed by atoms with Crippen LogP contribution in [0.5, 0.6) is 5.75 Å². The third-order valence-electron chi connectivity index (χ3n) is 4.37. The van der Waals surface area contributed by atoms with Gasteiger partial charge in [0.25, 0.3) is 0 Å². The molecule has 0 saturated heterocycles. The fourth-order valence-corrected chi connectivity index (χ4v) is 3.27. The average Bonchev–Trinajstić information content (AvgIpc) is 2.75. The molecule has 1 aliphatic rings. The quantitative estimate of drug-likeness (QED) is 0.779. The smallest absolute Gasteiger partial charge is 0.119 e. The van der Waals surface area contributed by atoms with Gasteiger partial charge in [-0.3, -0.25) is 0 Å². The summed E-state index contributed by atoms with van der Waals surface area (Å²) in [5, 5.41) is 11.1. The third kappa shape index (κ3) is 5.05. The number of aliphatic carboxylic acids is 1. The minimum atomic E-state index is -0.961. The Morgan fingerprint density at radius 3 is 2.62 bits per heavy atom. The van der Waals surface area contributed by atoms with E-state index in [1.54, 1.807) is 7.11 Å². The van der Waals surface area contributed by atoms with Crippen molar-refractivity contribution in [2.24, 2.45) is 0 Å². The van der Waals surface area contributed by atoms with E-state index in [0.717, 1.165) is 35.6 Å². The summed E-state index contributed by atoms with van der Waals surface area (Å²) < 4.78 is 5.25. The molecule has 0 aliphatic heterocycles. The van der Waals surface area contributed by atoms with Gasteiger partial charge in [0.2, 0.25) is 0 Å². The van der Waals surface area contributed by atoms with Crippen molar-refractivity contribution in [3.8, 4) is 5.75 Å². The third-order valence-corrected chi connectivity index (χ3v) is 4.37. The summed E-state index contributed by atoms with van der Waals surface area (Å²) in [5.41, 5.74) is 1.12. The number of quaternary nitrogens is 1. The zero-order chi connectivity index (χ0) is 15.1. The summed E-state index contributed by atoms with van der Waals surface area (Å²) >= 11 is 0. The highest BCUT2D eigenvalue weighted by molar-refractivity contribution is 5.65. The van der Waals surface area contributed by atoms with Crippen molar-refractivity contribution < 1.29 is 19.5 Å². The molecule has 0 spiro atoms. The lowest BCUT2D eigenvalue weighted by atomic mass is 10.1. The molecule has 1 aromatic carbocycles. The van der Waals surface area contributed by atoms with Gasteiger partial charge in [0.15, 0.2) is 0 Å². The van der Waals surface area contributed by atoms with Gasteiger partial charge in [-0.1, -0.05) is 25.0 Å². The van der Waals surface area contributed by atoms with Gasteiger partial charge >= 0.3 is 0 Å². The number of methoxy groups -OCH3 is 1. The molecular formula is C17H25NO3. The van der Waals surface area contributed by atoms with Crippen molar-refractivity contribution in [3.63, 3.8) is 0 Å². The van der Waals surface area contributed by atoms with Gasteiger partial charge in [-0.15, -0.1) is 0 Å². The molecule has 0 aromatic heterocycles. The van der Waals surface area contributed by atoms with E-state index in [-0.39, 0.29) is 6.54 Å². The first-order chi connectivity index (χ1) is 10.2. The van der Waals surface area contributed by atoms with Gasteiger partial charge in [0.1, 0.15) is 18.8 Å². The van der Waals surface area contributed by atoms with Crippen LogP contribution in [0.4, 0.5) is 0 Å². The Kier molecular flexibility index (Phi) is 6.05. The zero-order valence-electron chi connectivity index (χ0n) is 12.8. The lowest BCUT2D eigenvalue weighted by Crippen LogP contribution is -3.15. The Labute approximate surface area is 126 Å². The Morgan fingerprint density at radius 1 is 1.29 bits per heavy atom. The predicted molar refractivity (Wildman–Crippen MR) is 79.0 cm³/mol. The van der Waals surface area contributed by atoms with Gasteiger partial charge in [-0.05, 0) is 37.8 Å². The van der Waals surface area contributed by atoms with Gasteiger partial charge in [-0.2, -0.15) is 0 Å². The molecule has 1 aromatic rings. The maximum Gasteiger partial charge on any atom is 0.119 e. The Balaban J connectivity index is 2.08. The monoisotopic (exact) mass is 291 g/mol. The molecule has 4 nitrogen and oxygen atoms in total. The van der Waals surface area contributed by atoms with E-state index in [4.69, 9.17) is 4.74 Å². The lowest BCUT2D eigenvalue weighted by Gasteiger charge is -2.28. The van der Waals surface area contributed by atoms with Crippen LogP contribution in [0.25, 0.3) is 0 Å². The number of hydrogen-bond donors (Lipinski definition) is 1. The van der Waals surface area contributed by atoms with Crippen molar-refractivity contribution in [1.29, 1.82) is 0 Å². The van der Waals surface area contributed by atoms with E-state index >= 15 is 0 Å². The van der Waals surface area contributed by atoms with E-state index in [1.165, 1.54) is 25.7 Å². The van der Waals surface area contributed by atoms with Gasteiger partial charge in [-0.25, -0.2) is 0 Å². The molecule has 1 atom stereocenters. The first kappa shape index (κ1) is 15.8. The lowest BCUT2D eigenvalue weighted by molar-refractivity contribution is -0.934. The molecule has 0 radical (unpaired) electrons. The number of carbonyl (C=O) groups is 1. The van der Waals surface area contributed by atoms with E-state index in [0.29, 0.717) is 6.04 Å². The number of benzene rings is 1. The van der Waals surface area contributed by atoms with E-state index < -0.39 is 5.97 Å². The first-order valence-electron chi connectivity index (χ1n) is 7.86. The number of carbonyl (C=O) groups excluding carboxylic acids is 1. The Hall–Kier alpha value is -1.55. The molecule has 1 fully saturated rings. The van der Waals surface area contributed by atoms with Crippen molar-refractivity contribution >= 4 is 5.97 Å². The van der Waals surface area contributed by atoms with E-state index in [2.05, 4.69) is 0 Å². The highest BCUT2D eigenvalue weighted by atomic mass is 16.5. The van der Waals surface area contributed by atoms with Gasteiger partial charge in [0.05, 0.1) is 19.1 Å².